The van der Waals surface area contributed by atoms with Crippen LogP contribution in [0, 0.1) is 5.92 Å². The molecular formula is C11H18F3NO2. The molecule has 1 aliphatic rings. The third-order valence-electron chi connectivity index (χ3n) is 3.04. The second-order valence-corrected chi connectivity index (χ2v) is 4.89. The molecule has 1 fully saturated rings. The molecule has 1 heterocycles. The summed E-state index contributed by atoms with van der Waals surface area (Å²) in [6, 6.07) is 0. The zero-order valence-electron chi connectivity index (χ0n) is 10.1. The molecule has 6 heteroatoms. The van der Waals surface area contributed by atoms with Crippen LogP contribution in [0.3, 0.4) is 0 Å². The molecule has 1 N–H and O–H groups in total. The lowest BCUT2D eigenvalue weighted by atomic mass is 9.83. The van der Waals surface area contributed by atoms with Crippen LogP contribution in [-0.4, -0.2) is 30.8 Å². The largest absolute Gasteiger partial charge is 0.459 e. The Kier molecular flexibility index (Phi) is 4.41. The Morgan fingerprint density at radius 2 is 1.82 bits per heavy atom. The summed E-state index contributed by atoms with van der Waals surface area (Å²) in [5.74, 6) is -1.08. The van der Waals surface area contributed by atoms with Crippen LogP contribution in [0.4, 0.5) is 13.2 Å². The van der Waals surface area contributed by atoms with Crippen LogP contribution >= 0.6 is 0 Å². The van der Waals surface area contributed by atoms with Gasteiger partial charge in [-0.2, -0.15) is 13.2 Å². The molecule has 17 heavy (non-hydrogen) atoms. The van der Waals surface area contributed by atoms with Crippen molar-refractivity contribution in [2.24, 2.45) is 5.92 Å². The Labute approximate surface area is 98.7 Å². The minimum Gasteiger partial charge on any atom is -0.459 e. The van der Waals surface area contributed by atoms with Crippen LogP contribution in [0.2, 0.25) is 0 Å². The maximum Gasteiger partial charge on any atom is 0.399 e. The van der Waals surface area contributed by atoms with Gasteiger partial charge in [-0.05, 0) is 39.8 Å². The Morgan fingerprint density at radius 3 is 2.29 bits per heavy atom. The maximum absolute atomic E-state index is 12.0. The van der Waals surface area contributed by atoms with Crippen molar-refractivity contribution in [3.8, 4) is 0 Å². The van der Waals surface area contributed by atoms with Crippen LogP contribution in [0.5, 0.6) is 0 Å². The fraction of sp³-hybridized carbons (Fsp3) is 0.909. The van der Waals surface area contributed by atoms with Crippen molar-refractivity contribution in [2.75, 3.05) is 13.1 Å². The number of hydrogen-bond donors (Lipinski definition) is 1. The van der Waals surface area contributed by atoms with Gasteiger partial charge in [0.05, 0.1) is 0 Å². The number of rotatable bonds is 3. The standard InChI is InChI=1S/C11H18F3NO2/c1-10(2,8-3-5-15-6-4-8)17-9(16)7-11(12,13)14/h8,15H,3-7H2,1-2H3. The van der Waals surface area contributed by atoms with E-state index in [4.69, 9.17) is 4.74 Å². The van der Waals surface area contributed by atoms with Gasteiger partial charge in [0.25, 0.3) is 0 Å². The van der Waals surface area contributed by atoms with Gasteiger partial charge in [-0.1, -0.05) is 0 Å². The number of hydrogen-bond acceptors (Lipinski definition) is 3. The quantitative estimate of drug-likeness (QED) is 0.784. The van der Waals surface area contributed by atoms with E-state index in [0.717, 1.165) is 25.9 Å². The lowest BCUT2D eigenvalue weighted by Crippen LogP contribution is -2.43. The van der Waals surface area contributed by atoms with Gasteiger partial charge >= 0.3 is 12.1 Å². The second-order valence-electron chi connectivity index (χ2n) is 4.89. The van der Waals surface area contributed by atoms with Crippen LogP contribution in [0.25, 0.3) is 0 Å². The molecule has 0 bridgehead atoms. The van der Waals surface area contributed by atoms with Crippen molar-refractivity contribution in [3.63, 3.8) is 0 Å². The zero-order valence-corrected chi connectivity index (χ0v) is 10.1. The Morgan fingerprint density at radius 1 is 1.29 bits per heavy atom. The number of carbonyl (C=O) groups excluding carboxylic acids is 1. The van der Waals surface area contributed by atoms with Gasteiger partial charge in [0, 0.05) is 5.92 Å². The average Bonchev–Trinajstić information content (AvgIpc) is 2.15. The van der Waals surface area contributed by atoms with Crippen molar-refractivity contribution < 1.29 is 22.7 Å². The van der Waals surface area contributed by atoms with Gasteiger partial charge in [-0.3, -0.25) is 4.79 Å². The molecular weight excluding hydrogens is 235 g/mol. The molecule has 3 nitrogen and oxygen atoms in total. The SMILES string of the molecule is CC(C)(OC(=O)CC(F)(F)F)C1CCNCC1. The molecule has 0 saturated carbocycles. The summed E-state index contributed by atoms with van der Waals surface area (Å²) in [5.41, 5.74) is -0.829. The highest BCUT2D eigenvalue weighted by Gasteiger charge is 2.38. The fourth-order valence-corrected chi connectivity index (χ4v) is 2.09. The number of piperidine rings is 1. The lowest BCUT2D eigenvalue weighted by Gasteiger charge is -2.36. The van der Waals surface area contributed by atoms with Crippen LogP contribution in [0.15, 0.2) is 0 Å². The highest BCUT2D eigenvalue weighted by Crippen LogP contribution is 2.30. The second kappa shape index (κ2) is 5.25. The Balaban J connectivity index is 2.50. The van der Waals surface area contributed by atoms with Crippen LogP contribution in [-0.2, 0) is 9.53 Å². The summed E-state index contributed by atoms with van der Waals surface area (Å²) in [6.45, 7) is 4.98. The van der Waals surface area contributed by atoms with E-state index in [1.807, 2.05) is 0 Å². The van der Waals surface area contributed by atoms with E-state index in [-0.39, 0.29) is 5.92 Å². The number of halogens is 3. The molecule has 0 aromatic rings. The minimum absolute atomic E-state index is 0.112. The van der Waals surface area contributed by atoms with Gasteiger partial charge in [-0.25, -0.2) is 0 Å². The smallest absolute Gasteiger partial charge is 0.399 e. The zero-order chi connectivity index (χ0) is 13.1. The van der Waals surface area contributed by atoms with Gasteiger partial charge in [0.15, 0.2) is 0 Å². The molecule has 1 saturated heterocycles. The molecule has 0 aromatic heterocycles. The van der Waals surface area contributed by atoms with E-state index in [1.54, 1.807) is 13.8 Å². The van der Waals surface area contributed by atoms with Crippen molar-refractivity contribution in [2.45, 2.75) is 44.9 Å². The fourth-order valence-electron chi connectivity index (χ4n) is 2.09. The molecule has 0 aliphatic carbocycles. The number of alkyl halides is 3. The summed E-state index contributed by atoms with van der Waals surface area (Å²) < 4.78 is 41.0. The molecule has 0 spiro atoms. The predicted molar refractivity (Wildman–Crippen MR) is 56.4 cm³/mol. The summed E-state index contributed by atoms with van der Waals surface area (Å²) in [4.78, 5) is 11.2. The van der Waals surface area contributed by atoms with Crippen molar-refractivity contribution >= 4 is 5.97 Å². The Hall–Kier alpha value is -0.780. The first-order valence-corrected chi connectivity index (χ1v) is 5.70. The third-order valence-corrected chi connectivity index (χ3v) is 3.04. The van der Waals surface area contributed by atoms with E-state index in [0.29, 0.717) is 0 Å². The van der Waals surface area contributed by atoms with Crippen molar-refractivity contribution in [3.05, 3.63) is 0 Å². The van der Waals surface area contributed by atoms with Gasteiger partial charge < -0.3 is 10.1 Å². The summed E-state index contributed by atoms with van der Waals surface area (Å²) in [7, 11) is 0. The molecule has 1 rings (SSSR count). The highest BCUT2D eigenvalue weighted by molar-refractivity contribution is 5.70. The first kappa shape index (κ1) is 14.3. The maximum atomic E-state index is 12.0. The molecule has 0 unspecified atom stereocenters. The van der Waals surface area contributed by atoms with E-state index in [9.17, 15) is 18.0 Å². The highest BCUT2D eigenvalue weighted by atomic mass is 19.4. The predicted octanol–water partition coefficient (Wildman–Crippen LogP) is 2.26. The molecule has 0 amide bonds. The first-order chi connectivity index (χ1) is 7.71. The van der Waals surface area contributed by atoms with Crippen LogP contribution < -0.4 is 5.32 Å². The van der Waals surface area contributed by atoms with Gasteiger partial charge in [-0.15, -0.1) is 0 Å². The van der Waals surface area contributed by atoms with E-state index in [2.05, 4.69) is 5.32 Å². The van der Waals surface area contributed by atoms with E-state index >= 15 is 0 Å². The minimum atomic E-state index is -4.50. The molecule has 0 radical (unpaired) electrons. The number of nitrogens with one attached hydrogen (secondary N) is 1. The molecule has 0 atom stereocenters. The van der Waals surface area contributed by atoms with Gasteiger partial charge in [0.1, 0.15) is 12.0 Å². The van der Waals surface area contributed by atoms with E-state index < -0.39 is 24.2 Å². The van der Waals surface area contributed by atoms with Gasteiger partial charge in [0.2, 0.25) is 0 Å². The molecule has 1 aliphatic heterocycles. The normalized spacial score (nSPS) is 19.1. The van der Waals surface area contributed by atoms with Crippen molar-refractivity contribution in [1.29, 1.82) is 0 Å². The molecule has 0 aromatic carbocycles. The topological polar surface area (TPSA) is 38.3 Å². The lowest BCUT2D eigenvalue weighted by molar-refractivity contribution is -0.185. The summed E-state index contributed by atoms with van der Waals surface area (Å²) in [6.07, 6.45) is -4.39. The van der Waals surface area contributed by atoms with Crippen molar-refractivity contribution in [1.82, 2.24) is 5.32 Å². The first-order valence-electron chi connectivity index (χ1n) is 5.70. The number of ether oxygens (including phenoxy) is 1. The number of esters is 1. The number of carbonyl (C=O) groups is 1. The summed E-state index contributed by atoms with van der Waals surface area (Å²) >= 11 is 0. The average molecular weight is 253 g/mol. The Bertz CT molecular complexity index is 270. The monoisotopic (exact) mass is 253 g/mol. The van der Waals surface area contributed by atoms with Crippen LogP contribution in [0.1, 0.15) is 33.1 Å². The van der Waals surface area contributed by atoms with E-state index in [1.165, 1.54) is 0 Å². The molecule has 100 valence electrons. The third kappa shape index (κ3) is 4.93. The summed E-state index contributed by atoms with van der Waals surface area (Å²) in [5, 5.41) is 3.16.